The molecule has 1 aliphatic rings. The summed E-state index contributed by atoms with van der Waals surface area (Å²) in [6.45, 7) is 0. The van der Waals surface area contributed by atoms with Gasteiger partial charge < -0.3 is 9.80 Å². The third-order valence-electron chi connectivity index (χ3n) is 3.10. The molecule has 0 amide bonds. The predicted octanol–water partition coefficient (Wildman–Crippen LogP) is 1.22. The number of hydrogen-bond acceptors (Lipinski definition) is 1. The first-order chi connectivity index (χ1) is 5.55. The van der Waals surface area contributed by atoms with E-state index in [0.717, 1.165) is 16.6 Å². The Labute approximate surface area is 76.5 Å². The molecule has 1 saturated carbocycles. The fourth-order valence-corrected chi connectivity index (χ4v) is 2.38. The van der Waals surface area contributed by atoms with Crippen LogP contribution in [0.4, 0.5) is 0 Å². The SMILES string of the molecule is CN[C@@H]1CCCC[C@@H]1[N+](C)(C)C. The molecule has 0 unspecified atom stereocenters. The molecule has 0 bridgehead atoms. The van der Waals surface area contributed by atoms with Crippen LogP contribution in [0.15, 0.2) is 0 Å². The molecular formula is C10H23N2+. The zero-order valence-electron chi connectivity index (χ0n) is 8.93. The fraction of sp³-hybridized carbons (Fsp3) is 1.00. The highest BCUT2D eigenvalue weighted by atomic mass is 15.3. The van der Waals surface area contributed by atoms with Crippen molar-refractivity contribution in [2.24, 2.45) is 0 Å². The number of nitrogens with one attached hydrogen (secondary N) is 1. The number of hydrogen-bond donors (Lipinski definition) is 1. The minimum Gasteiger partial charge on any atom is -0.327 e. The van der Waals surface area contributed by atoms with Crippen LogP contribution in [0.5, 0.6) is 0 Å². The van der Waals surface area contributed by atoms with Gasteiger partial charge >= 0.3 is 0 Å². The molecular weight excluding hydrogens is 148 g/mol. The van der Waals surface area contributed by atoms with Crippen LogP contribution in [0, 0.1) is 0 Å². The van der Waals surface area contributed by atoms with Crippen LogP contribution in [0.25, 0.3) is 0 Å². The molecule has 0 aliphatic heterocycles. The average Bonchev–Trinajstić information content (AvgIpc) is 2.03. The third-order valence-corrected chi connectivity index (χ3v) is 3.10. The van der Waals surface area contributed by atoms with Gasteiger partial charge in [-0.3, -0.25) is 0 Å². The van der Waals surface area contributed by atoms with Crippen molar-refractivity contribution in [3.63, 3.8) is 0 Å². The molecule has 1 fully saturated rings. The molecule has 0 aromatic carbocycles. The van der Waals surface area contributed by atoms with Crippen molar-refractivity contribution in [2.75, 3.05) is 28.2 Å². The van der Waals surface area contributed by atoms with E-state index in [2.05, 4.69) is 33.5 Å². The maximum Gasteiger partial charge on any atom is 0.104 e. The van der Waals surface area contributed by atoms with Gasteiger partial charge in [-0.15, -0.1) is 0 Å². The monoisotopic (exact) mass is 171 g/mol. The van der Waals surface area contributed by atoms with Gasteiger partial charge in [0.05, 0.1) is 27.2 Å². The summed E-state index contributed by atoms with van der Waals surface area (Å²) in [7, 11) is 9.01. The van der Waals surface area contributed by atoms with Crippen molar-refractivity contribution in [1.82, 2.24) is 5.32 Å². The standard InChI is InChI=1S/C10H23N2/c1-11-9-7-5-6-8-10(9)12(2,3)4/h9-11H,5-8H2,1-4H3/q+1/t9-,10+/m1/s1. The van der Waals surface area contributed by atoms with Crippen LogP contribution in [0.2, 0.25) is 0 Å². The van der Waals surface area contributed by atoms with Gasteiger partial charge in [-0.2, -0.15) is 0 Å². The smallest absolute Gasteiger partial charge is 0.104 e. The highest BCUT2D eigenvalue weighted by Gasteiger charge is 2.33. The Morgan fingerprint density at radius 1 is 1.08 bits per heavy atom. The molecule has 0 aromatic heterocycles. The lowest BCUT2D eigenvalue weighted by Crippen LogP contribution is -2.56. The quantitative estimate of drug-likeness (QED) is 0.616. The van der Waals surface area contributed by atoms with E-state index in [9.17, 15) is 0 Å². The van der Waals surface area contributed by atoms with Gasteiger partial charge in [0.2, 0.25) is 0 Å². The normalized spacial score (nSPS) is 32.0. The van der Waals surface area contributed by atoms with Gasteiger partial charge in [-0.25, -0.2) is 0 Å². The van der Waals surface area contributed by atoms with Crippen molar-refractivity contribution >= 4 is 0 Å². The molecule has 2 heteroatoms. The summed E-state index contributed by atoms with van der Waals surface area (Å²) in [5.74, 6) is 0. The van der Waals surface area contributed by atoms with E-state index >= 15 is 0 Å². The summed E-state index contributed by atoms with van der Waals surface area (Å²) in [5.41, 5.74) is 0. The van der Waals surface area contributed by atoms with E-state index in [1.165, 1.54) is 25.7 Å². The topological polar surface area (TPSA) is 12.0 Å². The van der Waals surface area contributed by atoms with Crippen LogP contribution in [0.1, 0.15) is 25.7 Å². The highest BCUT2D eigenvalue weighted by Crippen LogP contribution is 2.24. The first kappa shape index (κ1) is 10.0. The Balaban J connectivity index is 2.59. The summed E-state index contributed by atoms with van der Waals surface area (Å²) in [6.07, 6.45) is 5.56. The van der Waals surface area contributed by atoms with E-state index in [4.69, 9.17) is 0 Å². The minimum atomic E-state index is 0.735. The van der Waals surface area contributed by atoms with Crippen molar-refractivity contribution in [3.8, 4) is 0 Å². The average molecular weight is 171 g/mol. The molecule has 0 heterocycles. The van der Waals surface area contributed by atoms with Crippen molar-refractivity contribution in [1.29, 1.82) is 0 Å². The first-order valence-electron chi connectivity index (χ1n) is 5.04. The van der Waals surface area contributed by atoms with Crippen LogP contribution in [-0.2, 0) is 0 Å². The molecule has 0 aromatic rings. The van der Waals surface area contributed by atoms with E-state index in [0.29, 0.717) is 0 Å². The van der Waals surface area contributed by atoms with Gasteiger partial charge in [0.1, 0.15) is 6.04 Å². The zero-order chi connectivity index (χ0) is 9.19. The summed E-state index contributed by atoms with van der Waals surface area (Å²) in [4.78, 5) is 0. The molecule has 1 rings (SSSR count). The maximum atomic E-state index is 3.44. The molecule has 72 valence electrons. The Morgan fingerprint density at radius 3 is 2.08 bits per heavy atom. The van der Waals surface area contributed by atoms with E-state index in [1.54, 1.807) is 0 Å². The number of nitrogens with zero attached hydrogens (tertiary/aromatic N) is 1. The lowest BCUT2D eigenvalue weighted by atomic mass is 9.88. The van der Waals surface area contributed by atoms with Crippen molar-refractivity contribution < 1.29 is 4.48 Å². The van der Waals surface area contributed by atoms with Crippen LogP contribution in [0.3, 0.4) is 0 Å². The van der Waals surface area contributed by atoms with E-state index < -0.39 is 0 Å². The Kier molecular flexibility index (Phi) is 3.13. The Morgan fingerprint density at radius 2 is 1.67 bits per heavy atom. The third kappa shape index (κ3) is 2.20. The van der Waals surface area contributed by atoms with Crippen LogP contribution in [-0.4, -0.2) is 44.8 Å². The second-order valence-corrected chi connectivity index (χ2v) is 4.86. The second-order valence-electron chi connectivity index (χ2n) is 4.86. The Bertz CT molecular complexity index is 137. The Hall–Kier alpha value is -0.0800. The zero-order valence-corrected chi connectivity index (χ0v) is 8.93. The predicted molar refractivity (Wildman–Crippen MR) is 53.1 cm³/mol. The molecule has 2 nitrogen and oxygen atoms in total. The lowest BCUT2D eigenvalue weighted by Gasteiger charge is -2.41. The largest absolute Gasteiger partial charge is 0.327 e. The van der Waals surface area contributed by atoms with Gasteiger partial charge in [-0.05, 0) is 19.9 Å². The van der Waals surface area contributed by atoms with Crippen LogP contribution >= 0.6 is 0 Å². The molecule has 0 spiro atoms. The van der Waals surface area contributed by atoms with Gasteiger partial charge in [-0.1, -0.05) is 6.42 Å². The lowest BCUT2D eigenvalue weighted by molar-refractivity contribution is -0.898. The fourth-order valence-electron chi connectivity index (χ4n) is 2.38. The number of rotatable bonds is 2. The molecule has 0 radical (unpaired) electrons. The molecule has 1 N–H and O–H groups in total. The van der Waals surface area contributed by atoms with E-state index in [1.807, 2.05) is 0 Å². The van der Waals surface area contributed by atoms with Crippen molar-refractivity contribution in [3.05, 3.63) is 0 Å². The summed E-state index contributed by atoms with van der Waals surface area (Å²) in [6, 6.07) is 1.54. The second kappa shape index (κ2) is 3.75. The van der Waals surface area contributed by atoms with Gasteiger partial charge in [0.15, 0.2) is 0 Å². The molecule has 2 atom stereocenters. The van der Waals surface area contributed by atoms with E-state index in [-0.39, 0.29) is 0 Å². The number of quaternary nitrogens is 1. The summed E-state index contributed by atoms with van der Waals surface area (Å²) >= 11 is 0. The summed E-state index contributed by atoms with van der Waals surface area (Å²) < 4.78 is 1.10. The maximum absolute atomic E-state index is 3.44. The highest BCUT2D eigenvalue weighted by molar-refractivity contribution is 4.80. The van der Waals surface area contributed by atoms with Gasteiger partial charge in [0, 0.05) is 6.42 Å². The molecule has 1 aliphatic carbocycles. The minimum absolute atomic E-state index is 0.735. The first-order valence-corrected chi connectivity index (χ1v) is 5.04. The number of likely N-dealkylation sites (N-methyl/N-ethyl adjacent to an activating group) is 2. The van der Waals surface area contributed by atoms with Crippen molar-refractivity contribution in [2.45, 2.75) is 37.8 Å². The summed E-state index contributed by atoms with van der Waals surface area (Å²) in [5, 5.41) is 3.44. The van der Waals surface area contributed by atoms with Gasteiger partial charge in [0.25, 0.3) is 0 Å². The molecule has 12 heavy (non-hydrogen) atoms. The molecule has 0 saturated heterocycles. The van der Waals surface area contributed by atoms with Crippen LogP contribution < -0.4 is 5.32 Å².